The van der Waals surface area contributed by atoms with Crippen LogP contribution in [0, 0.1) is 18.6 Å². The van der Waals surface area contributed by atoms with Gasteiger partial charge in [-0.25, -0.2) is 8.78 Å². The Labute approximate surface area is 189 Å². The summed E-state index contributed by atoms with van der Waals surface area (Å²) in [7, 11) is 0. The van der Waals surface area contributed by atoms with E-state index in [0.29, 0.717) is 31.5 Å². The summed E-state index contributed by atoms with van der Waals surface area (Å²) in [6, 6.07) is 11.2. The molecule has 1 saturated heterocycles. The highest BCUT2D eigenvalue weighted by molar-refractivity contribution is 6.32. The molecule has 168 valence electrons. The summed E-state index contributed by atoms with van der Waals surface area (Å²) in [6.07, 6.45) is 1.37. The first kappa shape index (κ1) is 22.4. The Morgan fingerprint density at radius 2 is 1.88 bits per heavy atom. The highest BCUT2D eigenvalue weighted by Gasteiger charge is 2.23. The van der Waals surface area contributed by atoms with Crippen LogP contribution in [0.1, 0.15) is 17.2 Å². The Bertz CT molecular complexity index is 1150. The highest BCUT2D eigenvalue weighted by Crippen LogP contribution is 2.25. The quantitative estimate of drug-likeness (QED) is 0.603. The Morgan fingerprint density at radius 1 is 1.16 bits per heavy atom. The van der Waals surface area contributed by atoms with Crippen LogP contribution in [0.15, 0.2) is 53.5 Å². The molecule has 1 fully saturated rings. The topological polar surface area (TPSA) is 59.4 Å². The van der Waals surface area contributed by atoms with Gasteiger partial charge >= 0.3 is 0 Å². The number of hydrogen-bond donors (Lipinski definition) is 1. The number of nitrogens with one attached hydrogen (secondary N) is 1. The average Bonchev–Trinajstić information content (AvgIpc) is 2.79. The number of hydrogen-bond acceptors (Lipinski definition) is 5. The summed E-state index contributed by atoms with van der Waals surface area (Å²) in [6.45, 7) is 5.41. The molecule has 9 heteroatoms. The van der Waals surface area contributed by atoms with Gasteiger partial charge in [-0.3, -0.25) is 9.69 Å². The molecule has 3 aromatic rings. The minimum atomic E-state index is -0.900. The molecule has 0 radical (unpaired) electrons. The molecule has 1 aromatic heterocycles. The molecule has 1 N–H and O–H groups in total. The summed E-state index contributed by atoms with van der Waals surface area (Å²) in [5, 5.41) is 7.14. The Kier molecular flexibility index (Phi) is 6.83. The number of morpholine rings is 1. The molecule has 1 aliphatic heterocycles. The number of rotatable bonds is 6. The van der Waals surface area contributed by atoms with E-state index in [1.165, 1.54) is 11.8 Å². The summed E-state index contributed by atoms with van der Waals surface area (Å²) in [5.74, 6) is -1.64. The molecule has 0 amide bonds. The van der Waals surface area contributed by atoms with Crippen LogP contribution in [0.25, 0.3) is 5.69 Å². The van der Waals surface area contributed by atoms with Crippen LogP contribution >= 0.6 is 11.6 Å². The number of nitrogens with zero attached hydrogens (tertiary/aromatic N) is 3. The monoisotopic (exact) mass is 460 g/mol. The van der Waals surface area contributed by atoms with Crippen molar-refractivity contribution in [2.75, 3.05) is 38.2 Å². The second kappa shape index (κ2) is 9.77. The second-order valence-corrected chi connectivity index (χ2v) is 8.02. The molecule has 0 bridgehead atoms. The summed E-state index contributed by atoms with van der Waals surface area (Å²) >= 11 is 6.30. The van der Waals surface area contributed by atoms with Crippen molar-refractivity contribution in [1.82, 2.24) is 14.7 Å². The normalized spacial score (nSPS) is 15.5. The number of aryl methyl sites for hydroxylation is 1. The maximum Gasteiger partial charge on any atom is 0.292 e. The third kappa shape index (κ3) is 4.82. The third-order valence-electron chi connectivity index (χ3n) is 5.49. The van der Waals surface area contributed by atoms with E-state index in [0.717, 1.165) is 35.5 Å². The first-order valence-electron chi connectivity index (χ1n) is 10.3. The van der Waals surface area contributed by atoms with Gasteiger partial charge < -0.3 is 10.1 Å². The molecule has 1 atom stereocenters. The lowest BCUT2D eigenvalue weighted by atomic mass is 10.0. The molecule has 2 heterocycles. The fraction of sp³-hybridized carbons (Fsp3) is 0.304. The first-order valence-corrected chi connectivity index (χ1v) is 10.7. The molecule has 1 aliphatic rings. The van der Waals surface area contributed by atoms with Crippen molar-refractivity contribution in [3.8, 4) is 5.69 Å². The van der Waals surface area contributed by atoms with Gasteiger partial charge in [-0.1, -0.05) is 41.4 Å². The summed E-state index contributed by atoms with van der Waals surface area (Å²) in [4.78, 5) is 15.0. The van der Waals surface area contributed by atoms with Crippen molar-refractivity contribution >= 4 is 17.3 Å². The molecule has 0 aliphatic carbocycles. The van der Waals surface area contributed by atoms with E-state index in [9.17, 15) is 13.6 Å². The first-order chi connectivity index (χ1) is 15.4. The van der Waals surface area contributed by atoms with Crippen molar-refractivity contribution < 1.29 is 13.5 Å². The molecular formula is C23H23ClF2N4O2. The third-order valence-corrected chi connectivity index (χ3v) is 5.86. The van der Waals surface area contributed by atoms with Gasteiger partial charge in [0.05, 0.1) is 31.1 Å². The number of halogens is 3. The maximum absolute atomic E-state index is 14.1. The fourth-order valence-electron chi connectivity index (χ4n) is 3.72. The molecule has 4 rings (SSSR count). The minimum Gasteiger partial charge on any atom is -0.380 e. The molecule has 32 heavy (non-hydrogen) atoms. The van der Waals surface area contributed by atoms with E-state index in [4.69, 9.17) is 16.3 Å². The van der Waals surface area contributed by atoms with Crippen molar-refractivity contribution in [2.24, 2.45) is 0 Å². The lowest BCUT2D eigenvalue weighted by Gasteiger charge is -2.35. The van der Waals surface area contributed by atoms with Gasteiger partial charge in [0, 0.05) is 25.7 Å². The molecule has 2 aromatic carbocycles. The van der Waals surface area contributed by atoms with Gasteiger partial charge in [0.1, 0.15) is 16.5 Å². The Morgan fingerprint density at radius 3 is 2.56 bits per heavy atom. The lowest BCUT2D eigenvalue weighted by molar-refractivity contribution is 0.0187. The molecular weight excluding hydrogens is 438 g/mol. The number of aromatic nitrogens is 2. The second-order valence-electron chi connectivity index (χ2n) is 7.64. The van der Waals surface area contributed by atoms with Crippen molar-refractivity contribution in [1.29, 1.82) is 0 Å². The number of anilines is 1. The van der Waals surface area contributed by atoms with E-state index >= 15 is 0 Å². The van der Waals surface area contributed by atoms with E-state index in [1.807, 2.05) is 6.92 Å². The van der Waals surface area contributed by atoms with Gasteiger partial charge in [-0.05, 0) is 24.6 Å². The van der Waals surface area contributed by atoms with Crippen molar-refractivity contribution in [3.63, 3.8) is 0 Å². The van der Waals surface area contributed by atoms with Gasteiger partial charge in [0.15, 0.2) is 5.82 Å². The van der Waals surface area contributed by atoms with Crippen LogP contribution in [0.5, 0.6) is 0 Å². The van der Waals surface area contributed by atoms with E-state index in [1.54, 1.807) is 0 Å². The zero-order valence-corrected chi connectivity index (χ0v) is 18.3. The van der Waals surface area contributed by atoms with Crippen LogP contribution in [0.4, 0.5) is 14.5 Å². The number of benzene rings is 2. The van der Waals surface area contributed by atoms with E-state index in [-0.39, 0.29) is 16.8 Å². The molecule has 6 nitrogen and oxygen atoms in total. The highest BCUT2D eigenvalue weighted by atomic mass is 35.5. The van der Waals surface area contributed by atoms with Crippen LogP contribution < -0.4 is 10.9 Å². The molecule has 0 saturated carbocycles. The zero-order valence-electron chi connectivity index (χ0n) is 17.5. The average molecular weight is 461 g/mol. The van der Waals surface area contributed by atoms with Crippen molar-refractivity contribution in [2.45, 2.75) is 13.0 Å². The lowest BCUT2D eigenvalue weighted by Crippen LogP contribution is -2.41. The predicted octanol–water partition coefficient (Wildman–Crippen LogP) is 3.96. The fourth-order valence-corrected chi connectivity index (χ4v) is 3.92. The Balaban J connectivity index is 1.58. The Hall–Kier alpha value is -2.81. The van der Waals surface area contributed by atoms with Gasteiger partial charge in [-0.15, -0.1) is 0 Å². The van der Waals surface area contributed by atoms with Gasteiger partial charge in [0.25, 0.3) is 5.56 Å². The predicted molar refractivity (Wildman–Crippen MR) is 120 cm³/mol. The van der Waals surface area contributed by atoms with Gasteiger partial charge in [0.2, 0.25) is 0 Å². The van der Waals surface area contributed by atoms with E-state index in [2.05, 4.69) is 39.6 Å². The van der Waals surface area contributed by atoms with Crippen LogP contribution in [-0.4, -0.2) is 47.5 Å². The summed E-state index contributed by atoms with van der Waals surface area (Å²) in [5.41, 5.74) is 1.79. The standard InChI is InChI=1S/C23H23ClF2N4O2/c1-15-2-4-16(5-3-15)21(29-8-10-32-11-9-29)14-27-19-13-28-30(23(31)22(19)24)20-7-6-17(25)12-18(20)26/h2-7,12-13,21,27H,8-11,14H2,1H3. The van der Waals surface area contributed by atoms with Gasteiger partial charge in [-0.2, -0.15) is 9.78 Å². The molecule has 0 spiro atoms. The van der Waals surface area contributed by atoms with Crippen molar-refractivity contribution in [3.05, 3.63) is 86.8 Å². The maximum atomic E-state index is 14.1. The zero-order chi connectivity index (χ0) is 22.7. The minimum absolute atomic E-state index is 0.0348. The summed E-state index contributed by atoms with van der Waals surface area (Å²) < 4.78 is 33.6. The molecule has 1 unspecified atom stereocenters. The van der Waals surface area contributed by atoms with Crippen LogP contribution in [-0.2, 0) is 4.74 Å². The van der Waals surface area contributed by atoms with Crippen LogP contribution in [0.2, 0.25) is 5.02 Å². The van der Waals surface area contributed by atoms with Crippen LogP contribution in [0.3, 0.4) is 0 Å². The SMILES string of the molecule is Cc1ccc(C(CNc2cnn(-c3ccc(F)cc3F)c(=O)c2Cl)N2CCOCC2)cc1. The van der Waals surface area contributed by atoms with E-state index < -0.39 is 17.2 Å². The smallest absolute Gasteiger partial charge is 0.292 e. The largest absolute Gasteiger partial charge is 0.380 e. The number of ether oxygens (including phenoxy) is 1.